The van der Waals surface area contributed by atoms with Crippen molar-refractivity contribution < 1.29 is 0 Å². The van der Waals surface area contributed by atoms with Gasteiger partial charge in [0, 0.05) is 44.8 Å². The van der Waals surface area contributed by atoms with Crippen LogP contribution in [0, 0.1) is 13.8 Å². The molecule has 3 heterocycles. The molecule has 0 radical (unpaired) electrons. The van der Waals surface area contributed by atoms with Gasteiger partial charge in [-0.2, -0.15) is 0 Å². The highest BCUT2D eigenvalue weighted by atomic mass is 15.0. The lowest BCUT2D eigenvalue weighted by Gasteiger charge is -2.18. The lowest BCUT2D eigenvalue weighted by atomic mass is 9.86. The molecule has 7 aromatic carbocycles. The number of pyridine rings is 1. The van der Waals surface area contributed by atoms with Crippen molar-refractivity contribution in [3.63, 3.8) is 0 Å². The Hall–Kier alpha value is -8.29. The van der Waals surface area contributed by atoms with E-state index in [4.69, 9.17) is 34.9 Å². The third-order valence-electron chi connectivity index (χ3n) is 10.7. The predicted molar refractivity (Wildman–Crippen MR) is 249 cm³/mol. The molecule has 0 aliphatic carbocycles. The van der Waals surface area contributed by atoms with Crippen LogP contribution in [0.4, 0.5) is 0 Å². The first-order valence-corrected chi connectivity index (χ1v) is 20.6. The van der Waals surface area contributed by atoms with Crippen LogP contribution in [-0.4, -0.2) is 34.9 Å². The molecule has 0 fully saturated rings. The first-order valence-electron chi connectivity index (χ1n) is 20.6. The monoisotopic (exact) mass is 797 g/mol. The van der Waals surface area contributed by atoms with Gasteiger partial charge in [-0.25, -0.2) is 29.9 Å². The Morgan fingerprint density at radius 2 is 0.500 bits per heavy atom. The third-order valence-corrected chi connectivity index (χ3v) is 10.7. The lowest BCUT2D eigenvalue weighted by Crippen LogP contribution is -2.00. The van der Waals surface area contributed by atoms with Crippen LogP contribution in [0.2, 0.25) is 0 Å². The predicted octanol–water partition coefficient (Wildman–Crippen LogP) is 13.1. The Labute approximate surface area is 360 Å². The molecule has 7 heteroatoms. The maximum atomic E-state index is 5.05. The Balaban J connectivity index is 1.13. The van der Waals surface area contributed by atoms with Gasteiger partial charge in [0.25, 0.3) is 0 Å². The zero-order valence-electron chi connectivity index (χ0n) is 34.2. The Morgan fingerprint density at radius 3 is 0.839 bits per heavy atom. The summed E-state index contributed by atoms with van der Waals surface area (Å²) in [5.41, 5.74) is 13.7. The van der Waals surface area contributed by atoms with Crippen LogP contribution in [0.3, 0.4) is 0 Å². The highest BCUT2D eigenvalue weighted by molar-refractivity contribution is 5.96. The fourth-order valence-electron chi connectivity index (χ4n) is 7.85. The van der Waals surface area contributed by atoms with Crippen molar-refractivity contribution in [1.29, 1.82) is 0 Å². The zero-order chi connectivity index (χ0) is 41.8. The van der Waals surface area contributed by atoms with Gasteiger partial charge in [-0.05, 0) is 71.5 Å². The number of aryl methyl sites for hydroxylation is 2. The molecule has 10 aromatic rings. The summed E-state index contributed by atoms with van der Waals surface area (Å²) < 4.78 is 0. The standard InChI is InChI=1S/C55H39N7/c1-36-32-46(33-37(2)56-36)49-47(42-26-15-28-44(34-42)54-59-50(38-18-7-3-8-19-38)57-51(60-54)39-20-9-4-10-21-39)30-17-31-48(49)43-27-16-29-45(35-43)55-61-52(40-22-11-5-12-23-40)58-53(62-55)41-24-13-6-14-25-41/h3-35H,1-2H3. The van der Waals surface area contributed by atoms with E-state index < -0.39 is 0 Å². The maximum absolute atomic E-state index is 5.05. The summed E-state index contributed by atoms with van der Waals surface area (Å²) in [4.78, 5) is 34.8. The van der Waals surface area contributed by atoms with Crippen LogP contribution in [0.15, 0.2) is 200 Å². The number of nitrogens with zero attached hydrogens (tertiary/aromatic N) is 7. The van der Waals surface area contributed by atoms with Crippen molar-refractivity contribution in [1.82, 2.24) is 34.9 Å². The largest absolute Gasteiger partial charge is 0.258 e. The third kappa shape index (κ3) is 7.90. The molecule has 0 aliphatic heterocycles. The smallest absolute Gasteiger partial charge is 0.164 e. The van der Waals surface area contributed by atoms with Crippen LogP contribution in [0.5, 0.6) is 0 Å². The van der Waals surface area contributed by atoms with Gasteiger partial charge >= 0.3 is 0 Å². The van der Waals surface area contributed by atoms with E-state index in [9.17, 15) is 0 Å². The summed E-state index contributed by atoms with van der Waals surface area (Å²) in [6.45, 7) is 4.09. The number of rotatable bonds is 9. The molecule has 0 bridgehead atoms. The number of benzene rings is 7. The second kappa shape index (κ2) is 16.8. The van der Waals surface area contributed by atoms with E-state index in [1.54, 1.807) is 0 Å². The van der Waals surface area contributed by atoms with E-state index >= 15 is 0 Å². The van der Waals surface area contributed by atoms with E-state index in [0.717, 1.165) is 78.1 Å². The van der Waals surface area contributed by atoms with E-state index in [0.29, 0.717) is 34.9 Å². The normalized spacial score (nSPS) is 11.1. The summed E-state index contributed by atoms with van der Waals surface area (Å²) in [5, 5.41) is 0. The van der Waals surface area contributed by atoms with Gasteiger partial charge in [0.05, 0.1) is 0 Å². The molecular weight excluding hydrogens is 759 g/mol. The average Bonchev–Trinajstić information content (AvgIpc) is 3.34. The molecule has 0 unspecified atom stereocenters. The number of hydrogen-bond donors (Lipinski definition) is 0. The molecule has 62 heavy (non-hydrogen) atoms. The molecule has 10 rings (SSSR count). The van der Waals surface area contributed by atoms with Crippen LogP contribution in [0.1, 0.15) is 11.4 Å². The van der Waals surface area contributed by atoms with Crippen LogP contribution < -0.4 is 0 Å². The molecule has 294 valence electrons. The van der Waals surface area contributed by atoms with Gasteiger partial charge < -0.3 is 0 Å². The fraction of sp³-hybridized carbons (Fsp3) is 0.0364. The molecule has 0 aliphatic rings. The van der Waals surface area contributed by atoms with Gasteiger partial charge in [-0.1, -0.05) is 176 Å². The zero-order valence-corrected chi connectivity index (χ0v) is 34.2. The van der Waals surface area contributed by atoms with Gasteiger partial charge in [-0.15, -0.1) is 0 Å². The SMILES string of the molecule is Cc1cc(-c2c(-c3cccc(-c4nc(-c5ccccc5)nc(-c5ccccc5)n4)c3)cccc2-c2cccc(-c3nc(-c4ccccc4)nc(-c4ccccc4)n3)c2)cc(C)n1. The van der Waals surface area contributed by atoms with Gasteiger partial charge in [-0.3, -0.25) is 4.98 Å². The maximum Gasteiger partial charge on any atom is 0.164 e. The second-order valence-electron chi connectivity index (χ2n) is 15.1. The lowest BCUT2D eigenvalue weighted by molar-refractivity contribution is 1.07. The quantitative estimate of drug-likeness (QED) is 0.144. The van der Waals surface area contributed by atoms with E-state index in [2.05, 4.69) is 78.9 Å². The molecule has 0 atom stereocenters. The van der Waals surface area contributed by atoms with Crippen molar-refractivity contribution in [2.24, 2.45) is 0 Å². The first-order chi connectivity index (χ1) is 30.5. The van der Waals surface area contributed by atoms with Crippen LogP contribution in [0.25, 0.3) is 102 Å². The molecule has 7 nitrogen and oxygen atoms in total. The number of aromatic nitrogens is 7. The summed E-state index contributed by atoms with van der Waals surface area (Å²) in [6.07, 6.45) is 0. The number of hydrogen-bond acceptors (Lipinski definition) is 7. The summed E-state index contributed by atoms with van der Waals surface area (Å²) in [7, 11) is 0. The molecular formula is C55H39N7. The average molecular weight is 798 g/mol. The van der Waals surface area contributed by atoms with Crippen LogP contribution >= 0.6 is 0 Å². The van der Waals surface area contributed by atoms with Crippen molar-refractivity contribution >= 4 is 0 Å². The second-order valence-corrected chi connectivity index (χ2v) is 15.1. The summed E-state index contributed by atoms with van der Waals surface area (Å²) in [6, 6.07) is 68.0. The van der Waals surface area contributed by atoms with E-state index in [-0.39, 0.29) is 0 Å². The first kappa shape index (κ1) is 37.9. The molecule has 3 aromatic heterocycles. The molecule has 0 N–H and O–H groups in total. The van der Waals surface area contributed by atoms with Gasteiger partial charge in [0.1, 0.15) is 0 Å². The van der Waals surface area contributed by atoms with Crippen molar-refractivity contribution in [2.45, 2.75) is 13.8 Å². The Morgan fingerprint density at radius 1 is 0.226 bits per heavy atom. The Bertz CT molecular complexity index is 2870. The molecule has 0 saturated carbocycles. The molecule has 0 amide bonds. The van der Waals surface area contributed by atoms with E-state index in [1.165, 1.54) is 0 Å². The van der Waals surface area contributed by atoms with Crippen molar-refractivity contribution in [3.8, 4) is 102 Å². The highest BCUT2D eigenvalue weighted by Gasteiger charge is 2.19. The van der Waals surface area contributed by atoms with Gasteiger partial charge in [0.15, 0.2) is 34.9 Å². The van der Waals surface area contributed by atoms with Crippen molar-refractivity contribution in [2.75, 3.05) is 0 Å². The summed E-state index contributed by atoms with van der Waals surface area (Å²) >= 11 is 0. The highest BCUT2D eigenvalue weighted by Crippen LogP contribution is 2.42. The molecule has 0 saturated heterocycles. The van der Waals surface area contributed by atoms with Crippen molar-refractivity contribution in [3.05, 3.63) is 212 Å². The minimum atomic E-state index is 0.600. The minimum Gasteiger partial charge on any atom is -0.258 e. The fourth-order valence-corrected chi connectivity index (χ4v) is 7.85. The van der Waals surface area contributed by atoms with E-state index in [1.807, 2.05) is 135 Å². The molecule has 0 spiro atoms. The minimum absolute atomic E-state index is 0.600. The summed E-state index contributed by atoms with van der Waals surface area (Å²) in [5.74, 6) is 3.68. The van der Waals surface area contributed by atoms with Gasteiger partial charge in [0.2, 0.25) is 0 Å². The Kier molecular flexibility index (Phi) is 10.3. The topological polar surface area (TPSA) is 90.2 Å². The van der Waals surface area contributed by atoms with Crippen LogP contribution in [-0.2, 0) is 0 Å².